The van der Waals surface area contributed by atoms with Crippen molar-refractivity contribution in [1.82, 2.24) is 10.2 Å². The highest BCUT2D eigenvalue weighted by atomic mass is 16.2. The second-order valence-electron chi connectivity index (χ2n) is 5.27. The SMILES string of the molecule is CC1C(=O)NC(=O)CN1C1CCc2cc(N)ccc21. The van der Waals surface area contributed by atoms with Crippen LogP contribution >= 0.6 is 0 Å². The fourth-order valence-corrected chi connectivity index (χ4v) is 3.07. The molecule has 19 heavy (non-hydrogen) atoms. The number of nitrogen functional groups attached to an aromatic ring is 1. The van der Waals surface area contributed by atoms with E-state index in [-0.39, 0.29) is 30.4 Å². The van der Waals surface area contributed by atoms with Gasteiger partial charge < -0.3 is 5.73 Å². The van der Waals surface area contributed by atoms with Crippen LogP contribution in [0, 0.1) is 0 Å². The van der Waals surface area contributed by atoms with Gasteiger partial charge >= 0.3 is 0 Å². The maximum absolute atomic E-state index is 11.7. The van der Waals surface area contributed by atoms with E-state index in [1.807, 2.05) is 30.0 Å². The number of nitrogens with two attached hydrogens (primary N) is 1. The van der Waals surface area contributed by atoms with Gasteiger partial charge in [-0.15, -0.1) is 0 Å². The first-order chi connectivity index (χ1) is 9.06. The molecular weight excluding hydrogens is 242 g/mol. The number of carbonyl (C=O) groups excluding carboxylic acids is 2. The summed E-state index contributed by atoms with van der Waals surface area (Å²) in [5, 5.41) is 2.38. The number of nitrogens with one attached hydrogen (secondary N) is 1. The number of fused-ring (bicyclic) bond motifs is 1. The molecule has 2 unspecified atom stereocenters. The van der Waals surface area contributed by atoms with E-state index in [0.717, 1.165) is 18.5 Å². The van der Waals surface area contributed by atoms with Crippen molar-refractivity contribution in [2.75, 3.05) is 12.3 Å². The van der Waals surface area contributed by atoms with Gasteiger partial charge in [0.05, 0.1) is 12.6 Å². The molecule has 2 aliphatic rings. The van der Waals surface area contributed by atoms with Crippen molar-refractivity contribution in [1.29, 1.82) is 0 Å². The standard InChI is InChI=1S/C14H17N3O2/c1-8-14(19)16-13(18)7-17(8)12-5-2-9-6-10(15)3-4-11(9)12/h3-4,6,8,12H,2,5,7,15H2,1H3,(H,16,18,19). The molecule has 0 spiro atoms. The smallest absolute Gasteiger partial charge is 0.243 e. The van der Waals surface area contributed by atoms with Crippen LogP contribution in [0.2, 0.25) is 0 Å². The van der Waals surface area contributed by atoms with E-state index in [9.17, 15) is 9.59 Å². The normalized spacial score (nSPS) is 27.2. The number of hydrogen-bond donors (Lipinski definition) is 2. The minimum atomic E-state index is -0.272. The molecule has 3 rings (SSSR count). The summed E-state index contributed by atoms with van der Waals surface area (Å²) in [6.07, 6.45) is 1.88. The summed E-state index contributed by atoms with van der Waals surface area (Å²) in [7, 11) is 0. The molecule has 1 saturated heterocycles. The Hall–Kier alpha value is -1.88. The van der Waals surface area contributed by atoms with Crippen LogP contribution in [-0.4, -0.2) is 29.3 Å². The van der Waals surface area contributed by atoms with E-state index in [1.54, 1.807) is 0 Å². The van der Waals surface area contributed by atoms with E-state index < -0.39 is 0 Å². The summed E-state index contributed by atoms with van der Waals surface area (Å²) in [6, 6.07) is 5.76. The number of nitrogens with zero attached hydrogens (tertiary/aromatic N) is 1. The summed E-state index contributed by atoms with van der Waals surface area (Å²) in [4.78, 5) is 25.3. The molecule has 5 heteroatoms. The van der Waals surface area contributed by atoms with E-state index >= 15 is 0 Å². The zero-order chi connectivity index (χ0) is 13.6. The monoisotopic (exact) mass is 259 g/mol. The van der Waals surface area contributed by atoms with E-state index in [0.29, 0.717) is 0 Å². The fourth-order valence-electron chi connectivity index (χ4n) is 3.07. The quantitative estimate of drug-likeness (QED) is 0.572. The van der Waals surface area contributed by atoms with Gasteiger partial charge in [-0.05, 0) is 43.0 Å². The Kier molecular flexibility index (Phi) is 2.78. The molecule has 1 aromatic carbocycles. The molecule has 0 radical (unpaired) electrons. The van der Waals surface area contributed by atoms with Crippen molar-refractivity contribution < 1.29 is 9.59 Å². The molecule has 1 aliphatic heterocycles. The molecule has 1 fully saturated rings. The molecule has 5 nitrogen and oxygen atoms in total. The Labute approximate surface area is 111 Å². The molecule has 100 valence electrons. The van der Waals surface area contributed by atoms with Crippen molar-refractivity contribution in [2.45, 2.75) is 31.8 Å². The summed E-state index contributed by atoms with van der Waals surface area (Å²) in [5.41, 5.74) is 8.99. The fraction of sp³-hybridized carbons (Fsp3) is 0.429. The molecule has 3 N–H and O–H groups in total. The van der Waals surface area contributed by atoms with Crippen LogP contribution in [0.15, 0.2) is 18.2 Å². The predicted molar refractivity (Wildman–Crippen MR) is 71.2 cm³/mol. The van der Waals surface area contributed by atoms with Gasteiger partial charge in [-0.25, -0.2) is 0 Å². The van der Waals surface area contributed by atoms with Gasteiger partial charge in [0, 0.05) is 11.7 Å². The van der Waals surface area contributed by atoms with Crippen LogP contribution in [0.5, 0.6) is 0 Å². The maximum atomic E-state index is 11.7. The minimum absolute atomic E-state index is 0.139. The van der Waals surface area contributed by atoms with Gasteiger partial charge in [-0.1, -0.05) is 6.07 Å². The lowest BCUT2D eigenvalue weighted by molar-refractivity contribution is -0.141. The molecule has 2 amide bonds. The first-order valence-electron chi connectivity index (χ1n) is 6.54. The minimum Gasteiger partial charge on any atom is -0.399 e. The number of anilines is 1. The molecule has 0 saturated carbocycles. The molecule has 0 bridgehead atoms. The van der Waals surface area contributed by atoms with Crippen LogP contribution in [0.1, 0.15) is 30.5 Å². The molecule has 2 atom stereocenters. The van der Waals surface area contributed by atoms with E-state index in [1.165, 1.54) is 11.1 Å². The van der Waals surface area contributed by atoms with E-state index in [4.69, 9.17) is 5.73 Å². The van der Waals surface area contributed by atoms with Gasteiger partial charge in [0.25, 0.3) is 0 Å². The highest BCUT2D eigenvalue weighted by Gasteiger charge is 2.38. The average molecular weight is 259 g/mol. The lowest BCUT2D eigenvalue weighted by atomic mass is 10.0. The zero-order valence-corrected chi connectivity index (χ0v) is 10.8. The zero-order valence-electron chi connectivity index (χ0n) is 10.8. The van der Waals surface area contributed by atoms with Crippen molar-refractivity contribution in [3.05, 3.63) is 29.3 Å². The highest BCUT2D eigenvalue weighted by molar-refractivity contribution is 6.00. The third kappa shape index (κ3) is 2.00. The van der Waals surface area contributed by atoms with Crippen molar-refractivity contribution in [3.8, 4) is 0 Å². The Bertz CT molecular complexity index is 556. The Morgan fingerprint density at radius 2 is 2.16 bits per heavy atom. The lowest BCUT2D eigenvalue weighted by Crippen LogP contribution is -2.57. The second-order valence-corrected chi connectivity index (χ2v) is 5.27. The third-order valence-corrected chi connectivity index (χ3v) is 4.08. The van der Waals surface area contributed by atoms with Gasteiger partial charge in [0.15, 0.2) is 0 Å². The maximum Gasteiger partial charge on any atom is 0.243 e. The lowest BCUT2D eigenvalue weighted by Gasteiger charge is -2.36. The van der Waals surface area contributed by atoms with Crippen LogP contribution in [0.3, 0.4) is 0 Å². The largest absolute Gasteiger partial charge is 0.399 e. The van der Waals surface area contributed by atoms with Crippen LogP contribution in [-0.2, 0) is 16.0 Å². The van der Waals surface area contributed by atoms with Gasteiger partial charge in [0.1, 0.15) is 0 Å². The molecule has 1 aromatic rings. The van der Waals surface area contributed by atoms with Gasteiger partial charge in [0.2, 0.25) is 11.8 Å². The highest BCUT2D eigenvalue weighted by Crippen LogP contribution is 2.38. The van der Waals surface area contributed by atoms with Crippen LogP contribution < -0.4 is 11.1 Å². The number of hydrogen-bond acceptors (Lipinski definition) is 4. The summed E-state index contributed by atoms with van der Waals surface area (Å²) < 4.78 is 0. The number of amides is 2. The summed E-state index contributed by atoms with van der Waals surface area (Å²) in [5.74, 6) is -0.424. The van der Waals surface area contributed by atoms with Gasteiger partial charge in [-0.3, -0.25) is 19.8 Å². The second kappa shape index (κ2) is 4.35. The van der Waals surface area contributed by atoms with E-state index in [2.05, 4.69) is 5.32 Å². The number of piperazine rings is 1. The predicted octanol–water partition coefficient (Wildman–Crippen LogP) is 0.603. The number of carbonyl (C=O) groups is 2. The Balaban J connectivity index is 1.92. The number of imide groups is 1. The summed E-state index contributed by atoms with van der Waals surface area (Å²) >= 11 is 0. The van der Waals surface area contributed by atoms with Crippen LogP contribution in [0.25, 0.3) is 0 Å². The summed E-state index contributed by atoms with van der Waals surface area (Å²) in [6.45, 7) is 2.12. The molecular formula is C14H17N3O2. The number of benzene rings is 1. The topological polar surface area (TPSA) is 75.4 Å². The third-order valence-electron chi connectivity index (χ3n) is 4.08. The first-order valence-corrected chi connectivity index (χ1v) is 6.54. The van der Waals surface area contributed by atoms with Gasteiger partial charge in [-0.2, -0.15) is 0 Å². The first kappa shape index (κ1) is 12.2. The molecule has 1 heterocycles. The Morgan fingerprint density at radius 3 is 2.95 bits per heavy atom. The number of aryl methyl sites for hydroxylation is 1. The van der Waals surface area contributed by atoms with Crippen molar-refractivity contribution in [2.24, 2.45) is 0 Å². The molecule has 0 aromatic heterocycles. The average Bonchev–Trinajstić information content (AvgIpc) is 2.76. The van der Waals surface area contributed by atoms with Crippen molar-refractivity contribution in [3.63, 3.8) is 0 Å². The van der Waals surface area contributed by atoms with Crippen molar-refractivity contribution >= 4 is 17.5 Å². The number of rotatable bonds is 1. The van der Waals surface area contributed by atoms with Crippen LogP contribution in [0.4, 0.5) is 5.69 Å². The molecule has 1 aliphatic carbocycles. The Morgan fingerprint density at radius 1 is 1.37 bits per heavy atom.